The summed E-state index contributed by atoms with van der Waals surface area (Å²) in [6.07, 6.45) is 1.94. The molecule has 0 saturated carbocycles. The summed E-state index contributed by atoms with van der Waals surface area (Å²) in [5, 5.41) is 0. The second-order valence-corrected chi connectivity index (χ2v) is 4.69. The molecule has 0 aromatic rings. The average Bonchev–Trinajstić information content (AvgIpc) is 1.80. The van der Waals surface area contributed by atoms with Gasteiger partial charge in [0.2, 0.25) is 0 Å². The number of rotatable bonds is 3. The van der Waals surface area contributed by atoms with Crippen LogP contribution in [0.2, 0.25) is 3.67 Å². The minimum absolute atomic E-state index is 1.22. The molecule has 0 amide bonds. The first-order chi connectivity index (χ1) is 5.62. The summed E-state index contributed by atoms with van der Waals surface area (Å²) in [5.41, 5.74) is 0. The van der Waals surface area contributed by atoms with Gasteiger partial charge in [0.25, 0.3) is 0 Å². The molecule has 0 unspecified atom stereocenters. The van der Waals surface area contributed by atoms with Crippen LogP contribution in [-0.2, 0) is 24.4 Å². The van der Waals surface area contributed by atoms with E-state index in [1.807, 2.05) is 6.08 Å². The van der Waals surface area contributed by atoms with E-state index in [4.69, 9.17) is 9.11 Å². The molecule has 0 bridgehead atoms. The molecule has 0 spiro atoms. The van der Waals surface area contributed by atoms with Crippen LogP contribution >= 0.6 is 0 Å². The third kappa shape index (κ3) is 24.5. The van der Waals surface area contributed by atoms with Crippen molar-refractivity contribution in [3.8, 4) is 0 Å². The van der Waals surface area contributed by atoms with E-state index in [0.29, 0.717) is 0 Å². The summed E-state index contributed by atoms with van der Waals surface area (Å²) in [5.74, 6) is 0. The second-order valence-electron chi connectivity index (χ2n) is 1.62. The van der Waals surface area contributed by atoms with Crippen molar-refractivity contribution in [3.05, 3.63) is 12.7 Å². The number of allylic oxidation sites excluding steroid dienone is 1. The van der Waals surface area contributed by atoms with Crippen LogP contribution in [-0.4, -0.2) is 53.9 Å². The Morgan fingerprint density at radius 1 is 1.23 bits per heavy atom. The van der Waals surface area contributed by atoms with Gasteiger partial charge in [-0.1, -0.05) is 0 Å². The monoisotopic (exact) mass is 242 g/mol. The first kappa shape index (κ1) is 16.0. The van der Waals surface area contributed by atoms with Crippen LogP contribution in [0.5, 0.6) is 0 Å². The summed E-state index contributed by atoms with van der Waals surface area (Å²) in [6, 6.07) is 0. The first-order valence-corrected chi connectivity index (χ1v) is 7.03. The molecule has 0 fully saturated rings. The molecule has 0 heterocycles. The van der Waals surface area contributed by atoms with Crippen molar-refractivity contribution in [2.75, 3.05) is 0 Å². The van der Waals surface area contributed by atoms with Gasteiger partial charge in [-0.3, -0.25) is 9.11 Å². The van der Waals surface area contributed by atoms with Gasteiger partial charge in [0.15, 0.2) is 0 Å². The van der Waals surface area contributed by atoms with Crippen molar-refractivity contribution in [2.24, 2.45) is 0 Å². The first-order valence-electron chi connectivity index (χ1n) is 2.89. The Morgan fingerprint density at radius 2 is 1.46 bits per heavy atom. The summed E-state index contributed by atoms with van der Waals surface area (Å²) >= 11 is 1.27. The Balaban J connectivity index is 0. The Hall–Kier alpha value is 0.520. The molecular formula is C3H7NaO7S2. The third-order valence-electron chi connectivity index (χ3n) is 0.461. The molecular weight excluding hydrogens is 235 g/mol. The number of hydrogen-bond acceptors (Lipinski definition) is 5. The van der Waals surface area contributed by atoms with Crippen molar-refractivity contribution >= 4 is 48.7 Å². The predicted octanol–water partition coefficient (Wildman–Crippen LogP) is -0.632. The van der Waals surface area contributed by atoms with Crippen molar-refractivity contribution in [3.63, 3.8) is 0 Å². The molecule has 0 aliphatic heterocycles. The molecule has 74 valence electrons. The smallest absolute Gasteiger partial charge is 0.263 e. The molecule has 13 heavy (non-hydrogen) atoms. The van der Waals surface area contributed by atoms with Crippen LogP contribution in [0, 0.1) is 0 Å². The van der Waals surface area contributed by atoms with Gasteiger partial charge in [-0.25, -0.2) is 0 Å². The quantitative estimate of drug-likeness (QED) is 0.384. The standard InChI is InChI=1S/C3H5.Na.H2O7S2/c1-3-2;;1-8(2,3)7-9(4,5)6/h3H,1-2H2;;(H,1,2,3)(H,4,5,6). The largest absolute Gasteiger partial charge is 0.413 e. The zero-order valence-corrected chi connectivity index (χ0v) is 10.4. The Morgan fingerprint density at radius 3 is 1.46 bits per heavy atom. The minimum Gasteiger partial charge on any atom is -0.263 e. The maximum Gasteiger partial charge on any atom is 0.413 e. The molecule has 0 aliphatic carbocycles. The fourth-order valence-electron chi connectivity index (χ4n) is 0.109. The van der Waals surface area contributed by atoms with E-state index in [1.54, 1.807) is 0 Å². The van der Waals surface area contributed by atoms with Gasteiger partial charge in [0, 0.05) is 0 Å². The van der Waals surface area contributed by atoms with Crippen molar-refractivity contribution < 1.29 is 29.6 Å². The van der Waals surface area contributed by atoms with Crippen molar-refractivity contribution in [1.29, 1.82) is 0 Å². The zero-order chi connectivity index (χ0) is 11.1. The van der Waals surface area contributed by atoms with E-state index in [9.17, 15) is 16.8 Å². The second kappa shape index (κ2) is 6.90. The van der Waals surface area contributed by atoms with Gasteiger partial charge >= 0.3 is 65.1 Å². The zero-order valence-electron chi connectivity index (χ0n) is 6.74. The van der Waals surface area contributed by atoms with Gasteiger partial charge in [0.05, 0.1) is 0 Å². The summed E-state index contributed by atoms with van der Waals surface area (Å²) in [7, 11) is -10.2. The predicted molar refractivity (Wildman–Crippen MR) is 44.9 cm³/mol. The summed E-state index contributed by atoms with van der Waals surface area (Å²) < 4.78 is 56.8. The minimum atomic E-state index is -5.12. The van der Waals surface area contributed by atoms with E-state index in [1.165, 1.54) is 31.6 Å². The van der Waals surface area contributed by atoms with Crippen LogP contribution in [0.3, 0.4) is 0 Å². The van der Waals surface area contributed by atoms with E-state index in [2.05, 4.69) is 10.2 Å². The molecule has 2 N–H and O–H groups in total. The van der Waals surface area contributed by atoms with Crippen LogP contribution in [0.1, 0.15) is 0 Å². The summed E-state index contributed by atoms with van der Waals surface area (Å²) in [6.45, 7) is 3.51. The van der Waals surface area contributed by atoms with Crippen molar-refractivity contribution in [2.45, 2.75) is 3.67 Å². The van der Waals surface area contributed by atoms with E-state index in [0.717, 1.165) is 0 Å². The molecule has 0 aromatic carbocycles. The third-order valence-corrected chi connectivity index (χ3v) is 2.41. The molecule has 10 heteroatoms. The SMILES string of the molecule is C=C[CH2][Na].O=S(=O)(O)OS(=O)(=O)O. The topological polar surface area (TPSA) is 118 Å². The van der Waals surface area contributed by atoms with E-state index >= 15 is 0 Å². The van der Waals surface area contributed by atoms with Crippen molar-refractivity contribution in [1.82, 2.24) is 0 Å². The van der Waals surface area contributed by atoms with E-state index < -0.39 is 20.8 Å². The van der Waals surface area contributed by atoms with Gasteiger partial charge < -0.3 is 0 Å². The van der Waals surface area contributed by atoms with Crippen LogP contribution in [0.15, 0.2) is 12.7 Å². The van der Waals surface area contributed by atoms with E-state index in [-0.39, 0.29) is 0 Å². The molecule has 0 rings (SSSR count). The Bertz CT molecular complexity index is 297. The van der Waals surface area contributed by atoms with Crippen LogP contribution < -0.4 is 0 Å². The van der Waals surface area contributed by atoms with Crippen LogP contribution in [0.4, 0.5) is 0 Å². The maximum absolute atomic E-state index is 9.44. The Labute approximate surface area is 94.1 Å². The van der Waals surface area contributed by atoms with Gasteiger partial charge in [0.1, 0.15) is 0 Å². The molecule has 7 nitrogen and oxygen atoms in total. The fraction of sp³-hybridized carbons (Fsp3) is 0.333. The molecule has 0 saturated heterocycles. The van der Waals surface area contributed by atoms with Gasteiger partial charge in [-0.2, -0.15) is 16.8 Å². The van der Waals surface area contributed by atoms with Crippen LogP contribution in [0.25, 0.3) is 0 Å². The molecule has 0 aliphatic rings. The molecule has 0 radical (unpaired) electrons. The normalized spacial score (nSPS) is 11.4. The molecule has 0 atom stereocenters. The molecule has 0 aromatic heterocycles. The Kier molecular flexibility index (Phi) is 8.47. The number of hydrogen-bond donors (Lipinski definition) is 2. The van der Waals surface area contributed by atoms with Gasteiger partial charge in [-0.05, 0) is 0 Å². The maximum atomic E-state index is 9.44. The van der Waals surface area contributed by atoms with Gasteiger partial charge in [-0.15, -0.1) is 3.63 Å². The fourth-order valence-corrected chi connectivity index (χ4v) is 0.978. The summed E-state index contributed by atoms with van der Waals surface area (Å²) in [4.78, 5) is 0. The average molecular weight is 242 g/mol.